The number of benzene rings is 3. The number of hydrogen-bond acceptors (Lipinski definition) is 12. The molecule has 3 aromatic rings. The van der Waals surface area contributed by atoms with Gasteiger partial charge in [0.2, 0.25) is 0 Å². The second-order valence-corrected chi connectivity index (χ2v) is 12.0. The minimum atomic E-state index is -1.61. The van der Waals surface area contributed by atoms with Gasteiger partial charge in [0.15, 0.2) is 24.8 Å². The summed E-state index contributed by atoms with van der Waals surface area (Å²) in [5.41, 5.74) is 2.63. The molecule has 2 N–H and O–H groups in total. The average molecular weight is 681 g/mol. The summed E-state index contributed by atoms with van der Waals surface area (Å²) < 4.78 is 48.9. The minimum absolute atomic E-state index is 0.122. The molecule has 12 nitrogen and oxygen atoms in total. The first-order chi connectivity index (χ1) is 23.7. The largest absolute Gasteiger partial charge is 0.463 e. The molecule has 0 saturated carbocycles. The molecule has 264 valence electrons. The Bertz CT molecular complexity index is 1440. The summed E-state index contributed by atoms with van der Waals surface area (Å²) in [6.45, 7) is 4.27. The number of esters is 2. The van der Waals surface area contributed by atoms with Crippen molar-refractivity contribution in [2.75, 3.05) is 6.61 Å². The zero-order valence-corrected chi connectivity index (χ0v) is 27.7. The van der Waals surface area contributed by atoms with Crippen molar-refractivity contribution in [3.8, 4) is 0 Å². The van der Waals surface area contributed by atoms with Gasteiger partial charge in [-0.15, -0.1) is 0 Å². The summed E-state index contributed by atoms with van der Waals surface area (Å²) in [5, 5.41) is 22.0. The molecule has 2 fully saturated rings. The maximum Gasteiger partial charge on any atom is 0.303 e. The monoisotopic (exact) mass is 680 g/mol. The van der Waals surface area contributed by atoms with E-state index in [4.69, 9.17) is 37.9 Å². The first-order valence-corrected chi connectivity index (χ1v) is 16.3. The lowest BCUT2D eigenvalue weighted by Gasteiger charge is -2.48. The number of ether oxygens (including phenoxy) is 8. The van der Waals surface area contributed by atoms with Crippen molar-refractivity contribution in [1.29, 1.82) is 0 Å². The predicted molar refractivity (Wildman–Crippen MR) is 173 cm³/mol. The maximum atomic E-state index is 12.1. The van der Waals surface area contributed by atoms with Crippen LogP contribution in [0.1, 0.15) is 37.5 Å². The molecule has 2 aliphatic heterocycles. The van der Waals surface area contributed by atoms with Crippen LogP contribution in [0.15, 0.2) is 91.0 Å². The molecule has 0 radical (unpaired) electrons. The van der Waals surface area contributed by atoms with E-state index >= 15 is 0 Å². The van der Waals surface area contributed by atoms with E-state index < -0.39 is 73.4 Å². The van der Waals surface area contributed by atoms with Gasteiger partial charge in [-0.25, -0.2) is 0 Å². The molecule has 0 bridgehead atoms. The van der Waals surface area contributed by atoms with E-state index in [1.54, 1.807) is 6.92 Å². The Morgan fingerprint density at radius 3 is 1.61 bits per heavy atom. The van der Waals surface area contributed by atoms with Gasteiger partial charge in [-0.3, -0.25) is 9.59 Å². The van der Waals surface area contributed by atoms with Gasteiger partial charge >= 0.3 is 11.9 Å². The third kappa shape index (κ3) is 10.2. The summed E-state index contributed by atoms with van der Waals surface area (Å²) in [6.07, 6.45) is -11.5. The summed E-state index contributed by atoms with van der Waals surface area (Å²) >= 11 is 0. The van der Waals surface area contributed by atoms with E-state index in [1.165, 1.54) is 13.8 Å². The van der Waals surface area contributed by atoms with Gasteiger partial charge in [-0.1, -0.05) is 91.0 Å². The first-order valence-electron chi connectivity index (χ1n) is 16.3. The quantitative estimate of drug-likeness (QED) is 0.240. The molecule has 12 heteroatoms. The molecule has 3 aromatic carbocycles. The van der Waals surface area contributed by atoms with Gasteiger partial charge in [0.25, 0.3) is 0 Å². The molecule has 0 aromatic heterocycles. The molecule has 2 saturated heterocycles. The van der Waals surface area contributed by atoms with Crippen LogP contribution in [0.2, 0.25) is 0 Å². The van der Waals surface area contributed by atoms with Gasteiger partial charge in [-0.2, -0.15) is 0 Å². The molecule has 0 spiro atoms. The number of rotatable bonds is 14. The molecule has 10 atom stereocenters. The van der Waals surface area contributed by atoms with Crippen molar-refractivity contribution in [2.24, 2.45) is 0 Å². The number of aliphatic hydroxyl groups is 2. The van der Waals surface area contributed by atoms with Crippen molar-refractivity contribution >= 4 is 11.9 Å². The van der Waals surface area contributed by atoms with Crippen LogP contribution in [0.5, 0.6) is 0 Å². The SMILES string of the molecule is CC(=O)OC[C@H]1O[C@H](O[C@@H]2[C@@H](OC(C)=O)[C@H](O)[C@@H](C)O[C@@H]2O)[C@H](OCc2ccccc2)[C@@H](OCc2ccccc2)[C@@H]1OCc1ccccc1. The topological polar surface area (TPSA) is 148 Å². The lowest BCUT2D eigenvalue weighted by molar-refractivity contribution is -0.370. The van der Waals surface area contributed by atoms with Gasteiger partial charge in [0.1, 0.15) is 37.1 Å². The highest BCUT2D eigenvalue weighted by molar-refractivity contribution is 5.66. The van der Waals surface area contributed by atoms with E-state index in [0.717, 1.165) is 16.7 Å². The van der Waals surface area contributed by atoms with E-state index in [-0.39, 0.29) is 26.4 Å². The summed E-state index contributed by atoms with van der Waals surface area (Å²) in [6, 6.07) is 28.6. The molecular weight excluding hydrogens is 636 g/mol. The molecule has 49 heavy (non-hydrogen) atoms. The third-order valence-electron chi connectivity index (χ3n) is 8.27. The van der Waals surface area contributed by atoms with E-state index in [2.05, 4.69) is 0 Å². The fourth-order valence-electron chi connectivity index (χ4n) is 5.82. The Morgan fingerprint density at radius 2 is 1.12 bits per heavy atom. The molecule has 5 rings (SSSR count). The second-order valence-electron chi connectivity index (χ2n) is 12.0. The van der Waals surface area contributed by atoms with Crippen molar-refractivity contribution in [1.82, 2.24) is 0 Å². The number of carbonyl (C=O) groups excluding carboxylic acids is 2. The average Bonchev–Trinajstić information content (AvgIpc) is 3.10. The van der Waals surface area contributed by atoms with Crippen molar-refractivity contribution < 1.29 is 57.7 Å². The van der Waals surface area contributed by atoms with Crippen LogP contribution >= 0.6 is 0 Å². The lowest BCUT2D eigenvalue weighted by atomic mass is 9.96. The summed E-state index contributed by atoms with van der Waals surface area (Å²) in [5.74, 6) is -1.22. The van der Waals surface area contributed by atoms with Crippen LogP contribution in [0.4, 0.5) is 0 Å². The zero-order chi connectivity index (χ0) is 34.8. The molecular formula is C37H44O12. The van der Waals surface area contributed by atoms with Gasteiger partial charge < -0.3 is 48.1 Å². The van der Waals surface area contributed by atoms with Gasteiger partial charge in [0.05, 0.1) is 25.9 Å². The summed E-state index contributed by atoms with van der Waals surface area (Å²) in [7, 11) is 0. The first kappa shape index (κ1) is 36.6. The van der Waals surface area contributed by atoms with Crippen LogP contribution in [-0.2, 0) is 67.3 Å². The van der Waals surface area contributed by atoms with Crippen LogP contribution < -0.4 is 0 Å². The van der Waals surface area contributed by atoms with E-state index in [9.17, 15) is 19.8 Å². The highest BCUT2D eigenvalue weighted by Gasteiger charge is 2.53. The Kier molecular flexibility index (Phi) is 13.3. The standard InChI is InChI=1S/C37H44O12/c1-23-30(40)32(47-25(3)39)34(36(41)46-23)49-37-35(45-21-28-17-11-6-12-18-28)33(44-20-27-15-9-5-10-16-27)31(29(48-37)22-42-24(2)38)43-19-26-13-7-4-8-14-26/h4-18,23,29-37,40-41H,19-22H2,1-3H3/t23-,29-,30-,31-,32+,33+,34-,35-,36+,37-/m1/s1. The highest BCUT2D eigenvalue weighted by Crippen LogP contribution is 2.34. The number of aliphatic hydroxyl groups excluding tert-OH is 2. The number of carbonyl (C=O) groups is 2. The van der Waals surface area contributed by atoms with Crippen molar-refractivity contribution in [3.63, 3.8) is 0 Å². The molecule has 0 unspecified atom stereocenters. The highest BCUT2D eigenvalue weighted by atomic mass is 16.8. The predicted octanol–water partition coefficient (Wildman–Crippen LogP) is 3.45. The number of hydrogen-bond donors (Lipinski definition) is 2. The Labute approximate surface area is 285 Å². The Hall–Kier alpha value is -3.72. The minimum Gasteiger partial charge on any atom is -0.463 e. The fraction of sp³-hybridized carbons (Fsp3) is 0.459. The zero-order valence-electron chi connectivity index (χ0n) is 27.7. The van der Waals surface area contributed by atoms with E-state index in [0.29, 0.717) is 0 Å². The van der Waals surface area contributed by atoms with Gasteiger partial charge in [0, 0.05) is 13.8 Å². The van der Waals surface area contributed by atoms with Crippen LogP contribution in [0, 0.1) is 0 Å². The maximum absolute atomic E-state index is 12.1. The fourth-order valence-corrected chi connectivity index (χ4v) is 5.82. The van der Waals surface area contributed by atoms with Gasteiger partial charge in [-0.05, 0) is 23.6 Å². The normalized spacial score (nSPS) is 30.0. The van der Waals surface area contributed by atoms with Crippen LogP contribution in [0.3, 0.4) is 0 Å². The Morgan fingerprint density at radius 1 is 0.633 bits per heavy atom. The molecule has 2 aliphatic rings. The molecule has 2 heterocycles. The summed E-state index contributed by atoms with van der Waals surface area (Å²) in [4.78, 5) is 24.1. The smallest absolute Gasteiger partial charge is 0.303 e. The Balaban J connectivity index is 1.52. The van der Waals surface area contributed by atoms with Crippen LogP contribution in [0.25, 0.3) is 0 Å². The second kappa shape index (κ2) is 17.8. The molecule has 0 amide bonds. The van der Waals surface area contributed by atoms with Crippen LogP contribution in [-0.4, -0.2) is 90.2 Å². The van der Waals surface area contributed by atoms with Crippen molar-refractivity contribution in [3.05, 3.63) is 108 Å². The molecule has 0 aliphatic carbocycles. The third-order valence-corrected chi connectivity index (χ3v) is 8.27. The van der Waals surface area contributed by atoms with E-state index in [1.807, 2.05) is 91.0 Å². The van der Waals surface area contributed by atoms with Crippen molar-refractivity contribution in [2.45, 2.75) is 102 Å². The lowest BCUT2D eigenvalue weighted by Crippen LogP contribution is -2.65.